The van der Waals surface area contributed by atoms with Crippen LogP contribution in [0.3, 0.4) is 0 Å². The molecule has 0 aromatic rings. The van der Waals surface area contributed by atoms with Gasteiger partial charge >= 0.3 is 5.97 Å². The number of hydrogen-bond acceptors (Lipinski definition) is 3. The van der Waals surface area contributed by atoms with E-state index in [0.29, 0.717) is 0 Å². The van der Waals surface area contributed by atoms with Gasteiger partial charge in [-0.05, 0) is 20.8 Å². The largest absolute Gasteiger partial charge is 0.460 e. The Kier molecular flexibility index (Phi) is 5.60. The van der Waals surface area contributed by atoms with Crippen molar-refractivity contribution in [3.8, 4) is 0 Å². The third-order valence-electron chi connectivity index (χ3n) is 1.11. The molecule has 0 N–H and O–H groups in total. The number of rotatable bonds is 5. The number of alkyl halides is 2. The molecule has 0 amide bonds. The molecular weight excluding hydrogens is 194 g/mol. The van der Waals surface area contributed by atoms with Gasteiger partial charge in [-0.2, -0.15) is 0 Å². The molecule has 0 saturated heterocycles. The van der Waals surface area contributed by atoms with E-state index < -0.39 is 24.6 Å². The zero-order chi connectivity index (χ0) is 11.2. The molecule has 0 spiro atoms. The summed E-state index contributed by atoms with van der Waals surface area (Å²) >= 11 is 0. The van der Waals surface area contributed by atoms with E-state index in [1.54, 1.807) is 20.8 Å². The maximum absolute atomic E-state index is 11.6. The first-order chi connectivity index (χ1) is 6.31. The van der Waals surface area contributed by atoms with Crippen molar-refractivity contribution in [3.63, 3.8) is 0 Å². The highest BCUT2D eigenvalue weighted by atomic mass is 19.3. The van der Waals surface area contributed by atoms with Crippen molar-refractivity contribution in [1.82, 2.24) is 0 Å². The summed E-state index contributed by atoms with van der Waals surface area (Å²) in [7, 11) is 0. The van der Waals surface area contributed by atoms with Crippen LogP contribution in [0.25, 0.3) is 0 Å². The molecule has 0 fully saturated rings. The van der Waals surface area contributed by atoms with Crippen molar-refractivity contribution in [1.29, 1.82) is 0 Å². The van der Waals surface area contributed by atoms with Gasteiger partial charge in [-0.25, -0.2) is 8.78 Å². The SMILES string of the molecule is CC(C)(C)OC(=O)CCOCC(F)F. The minimum Gasteiger partial charge on any atom is -0.460 e. The van der Waals surface area contributed by atoms with Gasteiger partial charge in [0.2, 0.25) is 0 Å². The van der Waals surface area contributed by atoms with Crippen LogP contribution in [0.4, 0.5) is 8.78 Å². The van der Waals surface area contributed by atoms with Gasteiger partial charge in [-0.3, -0.25) is 4.79 Å². The van der Waals surface area contributed by atoms with E-state index in [4.69, 9.17) is 4.74 Å². The minimum atomic E-state index is -2.49. The Morgan fingerprint density at radius 3 is 2.36 bits per heavy atom. The van der Waals surface area contributed by atoms with Crippen LogP contribution < -0.4 is 0 Å². The molecule has 3 nitrogen and oxygen atoms in total. The normalized spacial score (nSPS) is 11.9. The third-order valence-corrected chi connectivity index (χ3v) is 1.11. The number of carbonyl (C=O) groups is 1. The van der Waals surface area contributed by atoms with Crippen LogP contribution in [0.1, 0.15) is 27.2 Å². The van der Waals surface area contributed by atoms with E-state index in [0.717, 1.165) is 0 Å². The molecule has 0 heterocycles. The molecule has 0 aliphatic rings. The van der Waals surface area contributed by atoms with Crippen molar-refractivity contribution >= 4 is 5.97 Å². The fourth-order valence-electron chi connectivity index (χ4n) is 0.720. The average Bonchev–Trinajstić information content (AvgIpc) is 1.94. The van der Waals surface area contributed by atoms with Crippen LogP contribution in [0.5, 0.6) is 0 Å². The maximum atomic E-state index is 11.6. The van der Waals surface area contributed by atoms with Gasteiger partial charge in [0, 0.05) is 0 Å². The molecule has 0 atom stereocenters. The molecule has 0 aromatic heterocycles. The van der Waals surface area contributed by atoms with E-state index in [-0.39, 0.29) is 13.0 Å². The molecule has 0 unspecified atom stereocenters. The smallest absolute Gasteiger partial charge is 0.308 e. The summed E-state index contributed by atoms with van der Waals surface area (Å²) in [5.74, 6) is -0.438. The van der Waals surface area contributed by atoms with Crippen LogP contribution in [-0.4, -0.2) is 31.2 Å². The molecular formula is C9H16F2O3. The highest BCUT2D eigenvalue weighted by molar-refractivity contribution is 5.69. The van der Waals surface area contributed by atoms with Gasteiger partial charge in [-0.15, -0.1) is 0 Å². The van der Waals surface area contributed by atoms with E-state index in [2.05, 4.69) is 4.74 Å². The van der Waals surface area contributed by atoms with Gasteiger partial charge in [0.25, 0.3) is 6.43 Å². The van der Waals surface area contributed by atoms with Gasteiger partial charge in [-0.1, -0.05) is 0 Å². The molecule has 84 valence electrons. The highest BCUT2D eigenvalue weighted by Gasteiger charge is 2.15. The summed E-state index contributed by atoms with van der Waals surface area (Å²) in [5, 5.41) is 0. The lowest BCUT2D eigenvalue weighted by Crippen LogP contribution is -2.24. The van der Waals surface area contributed by atoms with Gasteiger partial charge in [0.1, 0.15) is 12.2 Å². The number of halogens is 2. The summed E-state index contributed by atoms with van der Waals surface area (Å²) in [4.78, 5) is 11.0. The molecule has 0 rings (SSSR count). The summed E-state index contributed by atoms with van der Waals surface area (Å²) in [6.07, 6.45) is -2.49. The van der Waals surface area contributed by atoms with Crippen molar-refractivity contribution in [2.24, 2.45) is 0 Å². The summed E-state index contributed by atoms with van der Waals surface area (Å²) in [6.45, 7) is 4.56. The van der Waals surface area contributed by atoms with E-state index >= 15 is 0 Å². The monoisotopic (exact) mass is 210 g/mol. The van der Waals surface area contributed by atoms with Crippen LogP contribution in [0, 0.1) is 0 Å². The lowest BCUT2D eigenvalue weighted by atomic mass is 10.2. The molecule has 0 bridgehead atoms. The second kappa shape index (κ2) is 5.90. The van der Waals surface area contributed by atoms with Crippen molar-refractivity contribution in [3.05, 3.63) is 0 Å². The fourth-order valence-corrected chi connectivity index (χ4v) is 0.720. The topological polar surface area (TPSA) is 35.5 Å². The quantitative estimate of drug-likeness (QED) is 0.514. The highest BCUT2D eigenvalue weighted by Crippen LogP contribution is 2.08. The predicted octanol–water partition coefficient (Wildman–Crippen LogP) is 2.00. The van der Waals surface area contributed by atoms with Crippen molar-refractivity contribution in [2.75, 3.05) is 13.2 Å². The summed E-state index contributed by atoms with van der Waals surface area (Å²) < 4.78 is 32.6. The molecule has 0 aromatic carbocycles. The minimum absolute atomic E-state index is 0.00396. The van der Waals surface area contributed by atoms with Crippen molar-refractivity contribution < 1.29 is 23.0 Å². The van der Waals surface area contributed by atoms with Gasteiger partial charge in [0.15, 0.2) is 0 Å². The van der Waals surface area contributed by atoms with Gasteiger partial charge < -0.3 is 9.47 Å². The second-order valence-electron chi connectivity index (χ2n) is 3.80. The Labute approximate surface area is 82.4 Å². The molecule has 0 radical (unpaired) electrons. The fraction of sp³-hybridized carbons (Fsp3) is 0.889. The molecule has 14 heavy (non-hydrogen) atoms. The number of esters is 1. The van der Waals surface area contributed by atoms with Crippen LogP contribution in [-0.2, 0) is 14.3 Å². The van der Waals surface area contributed by atoms with Crippen LogP contribution in [0.2, 0.25) is 0 Å². The zero-order valence-corrected chi connectivity index (χ0v) is 8.68. The number of ether oxygens (including phenoxy) is 2. The van der Waals surface area contributed by atoms with E-state index in [9.17, 15) is 13.6 Å². The predicted molar refractivity (Wildman–Crippen MR) is 47.3 cm³/mol. The van der Waals surface area contributed by atoms with Gasteiger partial charge in [0.05, 0.1) is 13.0 Å². The Bertz CT molecular complexity index is 175. The Morgan fingerprint density at radius 1 is 1.36 bits per heavy atom. The van der Waals surface area contributed by atoms with E-state index in [1.807, 2.05) is 0 Å². The zero-order valence-electron chi connectivity index (χ0n) is 8.68. The lowest BCUT2D eigenvalue weighted by molar-refractivity contribution is -0.156. The first kappa shape index (κ1) is 13.3. The van der Waals surface area contributed by atoms with Crippen LogP contribution in [0.15, 0.2) is 0 Å². The summed E-state index contributed by atoms with van der Waals surface area (Å²) in [5.41, 5.74) is -0.542. The van der Waals surface area contributed by atoms with Crippen LogP contribution >= 0.6 is 0 Å². The molecule has 0 aliphatic heterocycles. The number of hydrogen-bond donors (Lipinski definition) is 0. The lowest BCUT2D eigenvalue weighted by Gasteiger charge is -2.19. The van der Waals surface area contributed by atoms with Crippen molar-refractivity contribution in [2.45, 2.75) is 39.2 Å². The van der Waals surface area contributed by atoms with E-state index in [1.165, 1.54) is 0 Å². The maximum Gasteiger partial charge on any atom is 0.308 e. The standard InChI is InChI=1S/C9H16F2O3/c1-9(2,3)14-8(12)4-5-13-6-7(10)11/h7H,4-6H2,1-3H3. The Morgan fingerprint density at radius 2 is 1.93 bits per heavy atom. The Balaban J connectivity index is 3.46. The first-order valence-electron chi connectivity index (χ1n) is 4.39. The molecule has 5 heteroatoms. The number of carbonyl (C=O) groups excluding carboxylic acids is 1. The average molecular weight is 210 g/mol. The first-order valence-corrected chi connectivity index (χ1v) is 4.39. The molecule has 0 aliphatic carbocycles. The third kappa shape index (κ3) is 9.38. The Hall–Kier alpha value is -0.710. The second-order valence-corrected chi connectivity index (χ2v) is 3.80. The molecule has 0 saturated carbocycles. The summed E-state index contributed by atoms with van der Waals surface area (Å²) in [6, 6.07) is 0.